The van der Waals surface area contributed by atoms with Crippen molar-refractivity contribution in [3.63, 3.8) is 0 Å². The summed E-state index contributed by atoms with van der Waals surface area (Å²) in [5.41, 5.74) is 1.09. The molecule has 2 amide bonds. The molecule has 1 aromatic carbocycles. The number of hydrogen-bond donors (Lipinski definition) is 1. The summed E-state index contributed by atoms with van der Waals surface area (Å²) in [6.45, 7) is 7.87. The Bertz CT molecular complexity index is 650. The molecule has 1 fully saturated rings. The molecule has 1 saturated heterocycles. The molecule has 7 nitrogen and oxygen atoms in total. The van der Waals surface area contributed by atoms with Gasteiger partial charge in [0.05, 0.1) is 11.6 Å². The van der Waals surface area contributed by atoms with E-state index in [1.165, 1.54) is 0 Å². The van der Waals surface area contributed by atoms with Crippen LogP contribution in [0.1, 0.15) is 26.3 Å². The fraction of sp³-hybridized carbons (Fsp3) is 0.500. The van der Waals surface area contributed by atoms with Crippen molar-refractivity contribution in [3.8, 4) is 6.07 Å². The van der Waals surface area contributed by atoms with E-state index in [-0.39, 0.29) is 12.5 Å². The van der Waals surface area contributed by atoms with Crippen molar-refractivity contribution in [2.75, 3.05) is 37.6 Å². The molecule has 0 spiro atoms. The first-order chi connectivity index (χ1) is 11.8. The van der Waals surface area contributed by atoms with Gasteiger partial charge in [-0.2, -0.15) is 5.26 Å². The number of amides is 2. The second-order valence-electron chi connectivity index (χ2n) is 6.88. The quantitative estimate of drug-likeness (QED) is 0.902. The minimum Gasteiger partial charge on any atom is -0.444 e. The van der Waals surface area contributed by atoms with Crippen LogP contribution in [0.25, 0.3) is 0 Å². The van der Waals surface area contributed by atoms with Gasteiger partial charge < -0.3 is 19.9 Å². The summed E-state index contributed by atoms with van der Waals surface area (Å²) in [4.78, 5) is 27.7. The average molecular weight is 344 g/mol. The van der Waals surface area contributed by atoms with Crippen LogP contribution in [0, 0.1) is 11.3 Å². The van der Waals surface area contributed by atoms with Crippen LogP contribution in [0.5, 0.6) is 0 Å². The Hall–Kier alpha value is -2.75. The minimum atomic E-state index is -0.586. The number of piperazine rings is 1. The molecule has 7 heteroatoms. The number of hydrogen-bond acceptors (Lipinski definition) is 5. The van der Waals surface area contributed by atoms with Gasteiger partial charge in [0.15, 0.2) is 0 Å². The van der Waals surface area contributed by atoms with Crippen molar-refractivity contribution in [3.05, 3.63) is 29.8 Å². The van der Waals surface area contributed by atoms with Gasteiger partial charge in [0.2, 0.25) is 5.91 Å². The van der Waals surface area contributed by atoms with Crippen LogP contribution in [0.4, 0.5) is 10.5 Å². The van der Waals surface area contributed by atoms with E-state index in [0.717, 1.165) is 5.69 Å². The SMILES string of the molecule is CC(C)(C)OC(=O)NCC(=O)N1CCN(c2ccc(C#N)cc2)CC1. The molecule has 134 valence electrons. The maximum absolute atomic E-state index is 12.2. The molecular formula is C18H24N4O3. The molecule has 0 bridgehead atoms. The van der Waals surface area contributed by atoms with Crippen molar-refractivity contribution in [1.82, 2.24) is 10.2 Å². The Labute approximate surface area is 148 Å². The van der Waals surface area contributed by atoms with Crippen LogP contribution in [-0.4, -0.2) is 55.2 Å². The fourth-order valence-electron chi connectivity index (χ4n) is 2.53. The van der Waals surface area contributed by atoms with Crippen LogP contribution >= 0.6 is 0 Å². The summed E-state index contributed by atoms with van der Waals surface area (Å²) in [5, 5.41) is 11.3. The zero-order valence-corrected chi connectivity index (χ0v) is 14.9. The number of carbonyl (C=O) groups excluding carboxylic acids is 2. The lowest BCUT2D eigenvalue weighted by atomic mass is 10.2. The van der Waals surface area contributed by atoms with E-state index in [4.69, 9.17) is 10.00 Å². The molecule has 25 heavy (non-hydrogen) atoms. The van der Waals surface area contributed by atoms with Crippen LogP contribution in [-0.2, 0) is 9.53 Å². The first kappa shape index (κ1) is 18.6. The average Bonchev–Trinajstić information content (AvgIpc) is 2.58. The number of alkyl carbamates (subject to hydrolysis) is 1. The van der Waals surface area contributed by atoms with Gasteiger partial charge in [-0.25, -0.2) is 4.79 Å². The number of ether oxygens (including phenoxy) is 1. The number of benzene rings is 1. The maximum Gasteiger partial charge on any atom is 0.408 e. The van der Waals surface area contributed by atoms with Crippen molar-refractivity contribution < 1.29 is 14.3 Å². The molecule has 2 rings (SSSR count). The second kappa shape index (κ2) is 7.88. The third-order valence-electron chi connectivity index (χ3n) is 3.78. The summed E-state index contributed by atoms with van der Waals surface area (Å²) in [7, 11) is 0. The Kier molecular flexibility index (Phi) is 5.86. The summed E-state index contributed by atoms with van der Waals surface area (Å²) >= 11 is 0. The fourth-order valence-corrected chi connectivity index (χ4v) is 2.53. The third-order valence-corrected chi connectivity index (χ3v) is 3.78. The van der Waals surface area contributed by atoms with Crippen molar-refractivity contribution in [2.45, 2.75) is 26.4 Å². The highest BCUT2D eigenvalue weighted by molar-refractivity contribution is 5.82. The van der Waals surface area contributed by atoms with Crippen LogP contribution < -0.4 is 10.2 Å². The largest absolute Gasteiger partial charge is 0.444 e. The molecule has 1 heterocycles. The Morgan fingerprint density at radius 1 is 1.16 bits per heavy atom. The monoisotopic (exact) mass is 344 g/mol. The van der Waals surface area contributed by atoms with Gasteiger partial charge in [0.1, 0.15) is 12.1 Å². The number of nitriles is 1. The van der Waals surface area contributed by atoms with E-state index in [0.29, 0.717) is 31.7 Å². The van der Waals surface area contributed by atoms with Crippen LogP contribution in [0.3, 0.4) is 0 Å². The molecule has 0 saturated carbocycles. The molecule has 0 aromatic heterocycles. The van der Waals surface area contributed by atoms with Crippen molar-refractivity contribution >= 4 is 17.7 Å². The van der Waals surface area contributed by atoms with E-state index < -0.39 is 11.7 Å². The van der Waals surface area contributed by atoms with E-state index in [1.807, 2.05) is 12.1 Å². The predicted molar refractivity (Wildman–Crippen MR) is 94.2 cm³/mol. The molecule has 1 aromatic rings. The standard InChI is InChI=1S/C18H24N4O3/c1-18(2,3)25-17(24)20-13-16(23)22-10-8-21(9-11-22)15-6-4-14(12-19)5-7-15/h4-7H,8-11,13H2,1-3H3,(H,20,24). The highest BCUT2D eigenvalue weighted by Gasteiger charge is 2.22. The minimum absolute atomic E-state index is 0.0637. The molecule has 0 aliphatic carbocycles. The first-order valence-corrected chi connectivity index (χ1v) is 8.28. The normalized spacial score (nSPS) is 14.6. The van der Waals surface area contributed by atoms with Gasteiger partial charge >= 0.3 is 6.09 Å². The summed E-state index contributed by atoms with van der Waals surface area (Å²) in [6, 6.07) is 9.51. The molecule has 0 radical (unpaired) electrons. The van der Waals surface area contributed by atoms with E-state index >= 15 is 0 Å². The summed E-state index contributed by atoms with van der Waals surface area (Å²) in [5.74, 6) is -0.120. The predicted octanol–water partition coefficient (Wildman–Crippen LogP) is 1.73. The Morgan fingerprint density at radius 3 is 2.28 bits per heavy atom. The smallest absolute Gasteiger partial charge is 0.408 e. The summed E-state index contributed by atoms with van der Waals surface area (Å²) in [6.07, 6.45) is -0.586. The molecule has 1 aliphatic rings. The summed E-state index contributed by atoms with van der Waals surface area (Å²) < 4.78 is 5.12. The molecular weight excluding hydrogens is 320 g/mol. The van der Waals surface area contributed by atoms with Gasteiger partial charge in [-0.05, 0) is 45.0 Å². The zero-order valence-electron chi connectivity index (χ0n) is 14.9. The lowest BCUT2D eigenvalue weighted by molar-refractivity contribution is -0.130. The molecule has 1 N–H and O–H groups in total. The van der Waals surface area contributed by atoms with Crippen LogP contribution in [0.15, 0.2) is 24.3 Å². The number of nitrogens with zero attached hydrogens (tertiary/aromatic N) is 3. The topological polar surface area (TPSA) is 85.7 Å². The van der Waals surface area contributed by atoms with E-state index in [2.05, 4.69) is 16.3 Å². The highest BCUT2D eigenvalue weighted by Crippen LogP contribution is 2.17. The number of rotatable bonds is 3. The van der Waals surface area contributed by atoms with Gasteiger partial charge in [0.25, 0.3) is 0 Å². The van der Waals surface area contributed by atoms with Gasteiger partial charge in [-0.15, -0.1) is 0 Å². The lowest BCUT2D eigenvalue weighted by Gasteiger charge is -2.36. The van der Waals surface area contributed by atoms with E-state index in [1.54, 1.807) is 37.8 Å². The first-order valence-electron chi connectivity index (χ1n) is 8.28. The van der Waals surface area contributed by atoms with Crippen LogP contribution in [0.2, 0.25) is 0 Å². The molecule has 0 atom stereocenters. The third kappa shape index (κ3) is 5.68. The number of nitrogens with one attached hydrogen (secondary N) is 1. The van der Waals surface area contributed by atoms with E-state index in [9.17, 15) is 9.59 Å². The zero-order chi connectivity index (χ0) is 18.4. The molecule has 0 unspecified atom stereocenters. The highest BCUT2D eigenvalue weighted by atomic mass is 16.6. The van der Waals surface area contributed by atoms with Crippen molar-refractivity contribution in [1.29, 1.82) is 5.26 Å². The maximum atomic E-state index is 12.2. The number of anilines is 1. The Balaban J connectivity index is 1.78. The van der Waals surface area contributed by atoms with Crippen molar-refractivity contribution in [2.24, 2.45) is 0 Å². The second-order valence-corrected chi connectivity index (χ2v) is 6.88. The number of carbonyl (C=O) groups is 2. The Morgan fingerprint density at radius 2 is 1.76 bits per heavy atom. The lowest BCUT2D eigenvalue weighted by Crippen LogP contribution is -2.51. The van der Waals surface area contributed by atoms with Gasteiger partial charge in [0, 0.05) is 31.9 Å². The van der Waals surface area contributed by atoms with Gasteiger partial charge in [-0.1, -0.05) is 0 Å². The molecule has 1 aliphatic heterocycles. The van der Waals surface area contributed by atoms with Gasteiger partial charge in [-0.3, -0.25) is 4.79 Å².